The maximum absolute atomic E-state index is 15.0. The van der Waals surface area contributed by atoms with Crippen LogP contribution in [-0.4, -0.2) is 73.4 Å². The van der Waals surface area contributed by atoms with Crippen LogP contribution >= 0.6 is 0 Å². The van der Waals surface area contributed by atoms with E-state index in [2.05, 4.69) is 45.6 Å². The van der Waals surface area contributed by atoms with Crippen molar-refractivity contribution in [3.63, 3.8) is 0 Å². The summed E-state index contributed by atoms with van der Waals surface area (Å²) in [6.07, 6.45) is 3.32. The lowest BCUT2D eigenvalue weighted by Gasteiger charge is -2.43. The van der Waals surface area contributed by atoms with Gasteiger partial charge in [0.2, 0.25) is 5.95 Å². The number of benzene rings is 1. The maximum Gasteiger partial charge on any atom is 0.225 e. The molecule has 0 radical (unpaired) electrons. The third kappa shape index (κ3) is 4.00. The highest BCUT2D eigenvalue weighted by atomic mass is 19.1. The minimum Gasteiger partial charge on any atom is -0.397 e. The fraction of sp³-hybridized carbons (Fsp3) is 0.524. The number of nitrogens with two attached hydrogens (primary N) is 1. The highest BCUT2D eigenvalue weighted by Crippen LogP contribution is 2.33. The zero-order valence-electron chi connectivity index (χ0n) is 17.3. The van der Waals surface area contributed by atoms with Crippen LogP contribution in [0.3, 0.4) is 0 Å². The number of halogens is 1. The fourth-order valence-electron chi connectivity index (χ4n) is 4.06. The number of hydrogen-bond donors (Lipinski definition) is 1. The number of nitrogens with zero attached hydrogens (tertiary/aromatic N) is 5. The van der Waals surface area contributed by atoms with E-state index in [1.807, 2.05) is 0 Å². The van der Waals surface area contributed by atoms with Crippen LogP contribution in [0.2, 0.25) is 0 Å². The van der Waals surface area contributed by atoms with Gasteiger partial charge in [-0.05, 0) is 33.0 Å². The molecule has 4 rings (SSSR count). The van der Waals surface area contributed by atoms with Crippen LogP contribution in [0.4, 0.5) is 21.7 Å². The van der Waals surface area contributed by atoms with Crippen molar-refractivity contribution >= 4 is 17.3 Å². The number of ether oxygens (including phenoxy) is 1. The van der Waals surface area contributed by atoms with E-state index in [0.29, 0.717) is 48.1 Å². The molecule has 3 heterocycles. The summed E-state index contributed by atoms with van der Waals surface area (Å²) in [5, 5.41) is 0. The van der Waals surface area contributed by atoms with Gasteiger partial charge in [-0.15, -0.1) is 0 Å². The van der Waals surface area contributed by atoms with Gasteiger partial charge >= 0.3 is 0 Å². The van der Waals surface area contributed by atoms with Gasteiger partial charge in [0.25, 0.3) is 0 Å². The summed E-state index contributed by atoms with van der Waals surface area (Å²) in [6, 6.07) is 4.00. The SMILES string of the molecule is C[C@@H]1CN(c2cc(F)c(-c3cnc(N4CCOCC4)nc3)cc2N)C[C@H](C)N1C. The van der Waals surface area contributed by atoms with Crippen molar-refractivity contribution in [1.29, 1.82) is 0 Å². The molecule has 0 saturated carbocycles. The number of morpholine rings is 1. The molecule has 0 aliphatic carbocycles. The van der Waals surface area contributed by atoms with Gasteiger partial charge in [0, 0.05) is 61.8 Å². The molecular weight excluding hydrogens is 371 g/mol. The monoisotopic (exact) mass is 400 g/mol. The van der Waals surface area contributed by atoms with E-state index in [9.17, 15) is 0 Å². The standard InChI is InChI=1S/C21H29FN6O/c1-14-12-28(13-15(2)26(14)3)20-9-18(22)17(8-19(20)23)16-10-24-21(25-11-16)27-4-6-29-7-5-27/h8-11,14-15H,4-7,12-13,23H2,1-3H3/t14-,15+. The quantitative estimate of drug-likeness (QED) is 0.792. The molecule has 0 amide bonds. The van der Waals surface area contributed by atoms with Gasteiger partial charge in [0.05, 0.1) is 24.6 Å². The van der Waals surface area contributed by atoms with E-state index in [1.165, 1.54) is 0 Å². The molecule has 2 aliphatic heterocycles. The Balaban J connectivity index is 1.57. The summed E-state index contributed by atoms with van der Waals surface area (Å²) < 4.78 is 20.4. The molecule has 1 aromatic heterocycles. The molecule has 0 bridgehead atoms. The average Bonchev–Trinajstić information content (AvgIpc) is 2.74. The lowest BCUT2D eigenvalue weighted by molar-refractivity contribution is 0.122. The van der Waals surface area contributed by atoms with E-state index in [4.69, 9.17) is 10.5 Å². The first-order chi connectivity index (χ1) is 13.9. The van der Waals surface area contributed by atoms with Crippen LogP contribution < -0.4 is 15.5 Å². The molecule has 2 saturated heterocycles. The molecule has 156 valence electrons. The van der Waals surface area contributed by atoms with Crippen LogP contribution in [0, 0.1) is 5.82 Å². The zero-order chi connectivity index (χ0) is 20.5. The largest absolute Gasteiger partial charge is 0.397 e. The topological polar surface area (TPSA) is 70.8 Å². The van der Waals surface area contributed by atoms with Gasteiger partial charge in [-0.2, -0.15) is 0 Å². The molecular formula is C21H29FN6O. The van der Waals surface area contributed by atoms with Gasteiger partial charge in [0.15, 0.2) is 0 Å². The Labute approximate surface area is 171 Å². The second-order valence-electron chi connectivity index (χ2n) is 8.03. The predicted octanol–water partition coefficient (Wildman–Crippen LogP) is 2.23. The first kappa shape index (κ1) is 19.8. The minimum atomic E-state index is -0.309. The van der Waals surface area contributed by atoms with Gasteiger partial charge in [-0.3, -0.25) is 4.90 Å². The highest BCUT2D eigenvalue weighted by molar-refractivity contribution is 5.77. The third-order valence-electron chi connectivity index (χ3n) is 6.06. The molecule has 1 aromatic carbocycles. The van der Waals surface area contributed by atoms with Crippen molar-refractivity contribution in [2.24, 2.45) is 0 Å². The van der Waals surface area contributed by atoms with Crippen LogP contribution in [0.25, 0.3) is 11.1 Å². The molecule has 0 spiro atoms. The Hall–Kier alpha value is -2.45. The zero-order valence-corrected chi connectivity index (χ0v) is 17.3. The number of nitrogen functional groups attached to an aromatic ring is 1. The van der Waals surface area contributed by atoms with E-state index in [-0.39, 0.29) is 5.82 Å². The Morgan fingerprint density at radius 1 is 1.03 bits per heavy atom. The van der Waals surface area contributed by atoms with Gasteiger partial charge in [0.1, 0.15) is 5.82 Å². The number of anilines is 3. The second kappa shape index (κ2) is 8.12. The Morgan fingerprint density at radius 2 is 1.66 bits per heavy atom. The van der Waals surface area contributed by atoms with Gasteiger partial charge < -0.3 is 20.3 Å². The predicted molar refractivity (Wildman–Crippen MR) is 114 cm³/mol. The summed E-state index contributed by atoms with van der Waals surface area (Å²) in [6.45, 7) is 8.85. The Bertz CT molecular complexity index is 843. The van der Waals surface area contributed by atoms with Crippen molar-refractivity contribution in [1.82, 2.24) is 14.9 Å². The molecule has 2 fully saturated rings. The van der Waals surface area contributed by atoms with Crippen molar-refractivity contribution < 1.29 is 9.13 Å². The first-order valence-corrected chi connectivity index (χ1v) is 10.1. The summed E-state index contributed by atoms with van der Waals surface area (Å²) >= 11 is 0. The Kier molecular flexibility index (Phi) is 5.56. The van der Waals surface area contributed by atoms with E-state index in [0.717, 1.165) is 31.9 Å². The second-order valence-corrected chi connectivity index (χ2v) is 8.03. The lowest BCUT2D eigenvalue weighted by Crippen LogP contribution is -2.55. The van der Waals surface area contributed by atoms with Crippen molar-refractivity contribution in [3.05, 3.63) is 30.3 Å². The van der Waals surface area contributed by atoms with Crippen LogP contribution in [0.5, 0.6) is 0 Å². The van der Waals surface area contributed by atoms with Crippen molar-refractivity contribution in [2.75, 3.05) is 62.0 Å². The molecule has 0 unspecified atom stereocenters. The molecule has 2 aromatic rings. The van der Waals surface area contributed by atoms with Gasteiger partial charge in [-0.1, -0.05) is 0 Å². The van der Waals surface area contributed by atoms with Crippen LogP contribution in [-0.2, 0) is 4.74 Å². The van der Waals surface area contributed by atoms with Crippen molar-refractivity contribution in [2.45, 2.75) is 25.9 Å². The summed E-state index contributed by atoms with van der Waals surface area (Å²) in [4.78, 5) is 15.4. The molecule has 29 heavy (non-hydrogen) atoms. The number of rotatable bonds is 3. The van der Waals surface area contributed by atoms with Crippen LogP contribution in [0.1, 0.15) is 13.8 Å². The smallest absolute Gasteiger partial charge is 0.225 e. The number of hydrogen-bond acceptors (Lipinski definition) is 7. The third-order valence-corrected chi connectivity index (χ3v) is 6.06. The average molecular weight is 401 g/mol. The minimum absolute atomic E-state index is 0.309. The van der Waals surface area contributed by atoms with E-state index < -0.39 is 0 Å². The number of aromatic nitrogens is 2. The number of likely N-dealkylation sites (N-methyl/N-ethyl adjacent to an activating group) is 1. The fourth-order valence-corrected chi connectivity index (χ4v) is 4.06. The molecule has 2 aliphatic rings. The maximum atomic E-state index is 15.0. The molecule has 2 N–H and O–H groups in total. The summed E-state index contributed by atoms with van der Waals surface area (Å²) in [5.41, 5.74) is 8.72. The molecule has 8 heteroatoms. The molecule has 2 atom stereocenters. The Morgan fingerprint density at radius 3 is 2.28 bits per heavy atom. The van der Waals surface area contributed by atoms with E-state index >= 15 is 4.39 Å². The summed E-state index contributed by atoms with van der Waals surface area (Å²) in [5.74, 6) is 0.332. The van der Waals surface area contributed by atoms with Gasteiger partial charge in [-0.25, -0.2) is 14.4 Å². The van der Waals surface area contributed by atoms with E-state index in [1.54, 1.807) is 24.5 Å². The normalized spacial score (nSPS) is 23.4. The van der Waals surface area contributed by atoms with Crippen LogP contribution in [0.15, 0.2) is 24.5 Å². The van der Waals surface area contributed by atoms with Crippen molar-refractivity contribution in [3.8, 4) is 11.1 Å². The number of piperazine rings is 1. The summed E-state index contributed by atoms with van der Waals surface area (Å²) in [7, 11) is 2.13. The first-order valence-electron chi connectivity index (χ1n) is 10.1. The highest BCUT2D eigenvalue weighted by Gasteiger charge is 2.28. The molecule has 7 nitrogen and oxygen atoms in total. The lowest BCUT2D eigenvalue weighted by atomic mass is 10.0.